The third kappa shape index (κ3) is 5.01. The summed E-state index contributed by atoms with van der Waals surface area (Å²) >= 11 is 0. The third-order valence-corrected chi connectivity index (χ3v) is 2.73. The molecule has 0 aliphatic carbocycles. The fourth-order valence-electron chi connectivity index (χ4n) is 0.159. The van der Waals surface area contributed by atoms with Crippen molar-refractivity contribution < 1.29 is 64.1 Å². The van der Waals surface area contributed by atoms with Gasteiger partial charge in [0, 0.05) is 32.7 Å². The van der Waals surface area contributed by atoms with Crippen molar-refractivity contribution in [2.24, 2.45) is 0 Å². The van der Waals surface area contributed by atoms with Crippen molar-refractivity contribution in [2.75, 3.05) is 0 Å². The van der Waals surface area contributed by atoms with Crippen LogP contribution in [-0.2, 0) is 42.7 Å². The van der Waals surface area contributed by atoms with Gasteiger partial charge in [-0.1, -0.05) is 0 Å². The summed E-state index contributed by atoms with van der Waals surface area (Å²) in [7, 11) is -8.93. The van der Waals surface area contributed by atoms with Crippen molar-refractivity contribution in [3.8, 4) is 0 Å². The monoisotopic (exact) mass is 302 g/mol. The van der Waals surface area contributed by atoms with Gasteiger partial charge in [-0.3, -0.25) is 0 Å². The summed E-state index contributed by atoms with van der Waals surface area (Å²) in [4.78, 5) is 15.8. The Labute approximate surface area is 92.2 Å². The van der Waals surface area contributed by atoms with Gasteiger partial charge in [-0.05, 0) is 0 Å². The van der Waals surface area contributed by atoms with Crippen LogP contribution < -0.4 is 4.49 Å². The van der Waals surface area contributed by atoms with Crippen LogP contribution >= 0.6 is 8.53 Å². The molecule has 0 saturated carbocycles. The van der Waals surface area contributed by atoms with E-state index in [0.29, 0.717) is 4.49 Å². The van der Waals surface area contributed by atoms with Crippen LogP contribution in [0.25, 0.3) is 0 Å². The average Bonchev–Trinajstić information content (AvgIpc) is 1.56. The molecule has 0 spiro atoms. The Bertz CT molecular complexity index is 225. The molecule has 0 fully saturated rings. The Balaban J connectivity index is 0. The summed E-state index contributed by atoms with van der Waals surface area (Å²) in [5.41, 5.74) is -5.51. The van der Waals surface area contributed by atoms with Crippen molar-refractivity contribution in [1.82, 2.24) is 4.49 Å². The van der Waals surface area contributed by atoms with Crippen LogP contribution in [-0.4, -0.2) is 23.7 Å². The molecule has 0 heterocycles. The second-order valence-electron chi connectivity index (χ2n) is 1.33. The molecule has 0 rings (SSSR count). The molecule has 11 heteroatoms. The number of rotatable bonds is 2. The van der Waals surface area contributed by atoms with E-state index in [1.54, 1.807) is 0 Å². The first-order chi connectivity index (χ1) is 4.67. The predicted molar refractivity (Wildman–Crippen MR) is 29.5 cm³/mol. The molecular formula is CH3F3NO4PSY. The Hall–Kier alpha value is 1.15. The maximum absolute atomic E-state index is 11.3. The molecule has 3 N–H and O–H groups in total. The van der Waals surface area contributed by atoms with Gasteiger partial charge in [0.2, 0.25) is 0 Å². The molecule has 0 aliphatic rings. The minimum atomic E-state index is -5.62. The quantitative estimate of drug-likeness (QED) is 0.608. The molecule has 0 aromatic carbocycles. The standard InChI is InChI=1S/CH3F3NO4PS.Y/c2-1(3,4)11(8,9)5-10(6)7;/h5-7H;. The van der Waals surface area contributed by atoms with E-state index in [4.69, 9.17) is 9.79 Å². The van der Waals surface area contributed by atoms with Crippen LogP contribution in [0.4, 0.5) is 13.2 Å². The largest absolute Gasteiger partial charge is 0.511 e. The zero-order valence-corrected chi connectivity index (χ0v) is 9.83. The molecule has 0 amide bonds. The normalized spacial score (nSPS) is 12.8. The Morgan fingerprint density at radius 1 is 1.25 bits per heavy atom. The molecule has 0 bridgehead atoms. The summed E-state index contributed by atoms with van der Waals surface area (Å²) in [5.74, 6) is 0. The fourth-order valence-corrected chi connectivity index (χ4v) is 1.43. The van der Waals surface area contributed by atoms with E-state index in [1.807, 2.05) is 0 Å². The van der Waals surface area contributed by atoms with E-state index >= 15 is 0 Å². The zero-order valence-electron chi connectivity index (χ0n) is 5.28. The molecular weight excluding hydrogens is 299 g/mol. The number of alkyl halides is 3. The van der Waals surface area contributed by atoms with Gasteiger partial charge in [0.05, 0.1) is 0 Å². The topological polar surface area (TPSA) is 86.6 Å². The summed E-state index contributed by atoms with van der Waals surface area (Å²) in [6.45, 7) is 0. The first-order valence-electron chi connectivity index (χ1n) is 1.93. The van der Waals surface area contributed by atoms with Gasteiger partial charge >= 0.3 is 15.5 Å². The first kappa shape index (κ1) is 15.6. The van der Waals surface area contributed by atoms with Gasteiger partial charge < -0.3 is 9.79 Å². The van der Waals surface area contributed by atoms with E-state index in [0.717, 1.165) is 0 Å². The minimum Gasteiger partial charge on any atom is -0.337 e. The van der Waals surface area contributed by atoms with E-state index in [2.05, 4.69) is 0 Å². The van der Waals surface area contributed by atoms with Gasteiger partial charge in [0.1, 0.15) is 0 Å². The number of hydrogen-bond acceptors (Lipinski definition) is 4. The molecule has 12 heavy (non-hydrogen) atoms. The van der Waals surface area contributed by atoms with Crippen molar-refractivity contribution >= 4 is 18.5 Å². The molecule has 1 radical (unpaired) electrons. The third-order valence-electron chi connectivity index (χ3n) is 0.507. The number of halogens is 3. The molecule has 0 aromatic rings. The molecule has 71 valence electrons. The Kier molecular flexibility index (Phi) is 6.69. The summed E-state index contributed by atoms with van der Waals surface area (Å²) < 4.78 is 54.4. The predicted octanol–water partition coefficient (Wildman–Crippen LogP) is -0.365. The Morgan fingerprint density at radius 3 is 1.67 bits per heavy atom. The summed E-state index contributed by atoms with van der Waals surface area (Å²) in [6.07, 6.45) is 0. The van der Waals surface area contributed by atoms with Crippen LogP contribution in [0.2, 0.25) is 0 Å². The van der Waals surface area contributed by atoms with Gasteiger partial charge in [0.15, 0.2) is 0 Å². The molecule has 0 unspecified atom stereocenters. The second kappa shape index (κ2) is 5.14. The molecule has 0 atom stereocenters. The van der Waals surface area contributed by atoms with Crippen molar-refractivity contribution in [3.05, 3.63) is 0 Å². The van der Waals surface area contributed by atoms with E-state index in [-0.39, 0.29) is 32.7 Å². The van der Waals surface area contributed by atoms with Gasteiger partial charge in [-0.15, -0.1) is 4.49 Å². The summed E-state index contributed by atoms with van der Waals surface area (Å²) in [5, 5.41) is 0. The van der Waals surface area contributed by atoms with Crippen LogP contribution in [0, 0.1) is 0 Å². The van der Waals surface area contributed by atoms with Crippen molar-refractivity contribution in [2.45, 2.75) is 5.51 Å². The van der Waals surface area contributed by atoms with Gasteiger partial charge in [0.25, 0.3) is 8.53 Å². The van der Waals surface area contributed by atoms with Crippen LogP contribution in [0.3, 0.4) is 0 Å². The number of sulfonamides is 1. The average molecular weight is 302 g/mol. The van der Waals surface area contributed by atoms with Crippen LogP contribution in [0.1, 0.15) is 0 Å². The van der Waals surface area contributed by atoms with Crippen LogP contribution in [0.15, 0.2) is 0 Å². The minimum absolute atomic E-state index is 0. The van der Waals surface area contributed by atoms with Crippen molar-refractivity contribution in [1.29, 1.82) is 0 Å². The fraction of sp³-hybridized carbons (Fsp3) is 1.00. The van der Waals surface area contributed by atoms with Gasteiger partial charge in [-0.2, -0.15) is 13.2 Å². The van der Waals surface area contributed by atoms with Crippen molar-refractivity contribution in [3.63, 3.8) is 0 Å². The van der Waals surface area contributed by atoms with E-state index in [9.17, 15) is 21.6 Å². The smallest absolute Gasteiger partial charge is 0.337 e. The SMILES string of the molecule is O=S(=O)(NP(O)O)C(F)(F)F.[Y]. The first-order valence-corrected chi connectivity index (χ1v) is 4.66. The summed E-state index contributed by atoms with van der Waals surface area (Å²) in [6, 6.07) is 0. The second-order valence-corrected chi connectivity index (χ2v) is 4.11. The Morgan fingerprint density at radius 2 is 1.58 bits per heavy atom. The number of nitrogens with one attached hydrogen (secondary N) is 1. The van der Waals surface area contributed by atoms with E-state index in [1.165, 1.54) is 0 Å². The molecule has 0 aliphatic heterocycles. The molecule has 0 saturated heterocycles. The maximum atomic E-state index is 11.3. The zero-order chi connectivity index (χ0) is 9.28. The molecule has 5 nitrogen and oxygen atoms in total. The number of hydrogen-bond donors (Lipinski definition) is 3. The van der Waals surface area contributed by atoms with Gasteiger partial charge in [-0.25, -0.2) is 8.42 Å². The maximum Gasteiger partial charge on any atom is 0.511 e. The molecule has 0 aromatic heterocycles. The van der Waals surface area contributed by atoms with E-state index < -0.39 is 24.1 Å². The van der Waals surface area contributed by atoms with Crippen LogP contribution in [0.5, 0.6) is 0 Å².